The van der Waals surface area contributed by atoms with Crippen molar-refractivity contribution < 1.29 is 4.79 Å². The van der Waals surface area contributed by atoms with Crippen molar-refractivity contribution in [2.75, 3.05) is 10.6 Å². The zero-order chi connectivity index (χ0) is 13.9. The van der Waals surface area contributed by atoms with Crippen LogP contribution in [0.2, 0.25) is 5.02 Å². The Kier molecular flexibility index (Phi) is 3.49. The van der Waals surface area contributed by atoms with E-state index in [4.69, 9.17) is 11.6 Å². The Morgan fingerprint density at radius 1 is 0.950 bits per heavy atom. The van der Waals surface area contributed by atoms with Gasteiger partial charge in [0.25, 0.3) is 0 Å². The number of benzene rings is 2. The van der Waals surface area contributed by atoms with Crippen LogP contribution in [0.3, 0.4) is 0 Å². The number of halogens is 1. The summed E-state index contributed by atoms with van der Waals surface area (Å²) in [6.45, 7) is 0. The van der Waals surface area contributed by atoms with Crippen LogP contribution in [0, 0.1) is 0 Å². The van der Waals surface area contributed by atoms with E-state index in [0.717, 1.165) is 22.8 Å². The molecule has 100 valence electrons. The fourth-order valence-corrected chi connectivity index (χ4v) is 2.33. The predicted molar refractivity (Wildman–Crippen MR) is 81.5 cm³/mol. The second kappa shape index (κ2) is 5.44. The normalized spacial score (nSPS) is 10.4. The maximum absolute atomic E-state index is 11.9. The number of hydrogen-bond donors (Lipinski definition) is 2. The number of urea groups is 1. The van der Waals surface area contributed by atoms with Crippen LogP contribution in [0.25, 0.3) is 11.0 Å². The van der Waals surface area contributed by atoms with E-state index in [1.54, 1.807) is 36.4 Å². The third-order valence-corrected chi connectivity index (χ3v) is 3.42. The molecule has 0 aliphatic rings. The molecule has 0 aliphatic carbocycles. The summed E-state index contributed by atoms with van der Waals surface area (Å²) in [6, 6.07) is 11.9. The van der Waals surface area contributed by atoms with Gasteiger partial charge in [-0.1, -0.05) is 11.6 Å². The molecule has 7 heteroatoms. The van der Waals surface area contributed by atoms with Gasteiger partial charge in [0.2, 0.25) is 0 Å². The van der Waals surface area contributed by atoms with Crippen molar-refractivity contribution in [2.45, 2.75) is 0 Å². The molecule has 2 N–H and O–H groups in total. The predicted octanol–water partition coefficient (Wildman–Crippen LogP) is 3.99. The molecule has 2 amide bonds. The van der Waals surface area contributed by atoms with Gasteiger partial charge in [-0.2, -0.15) is 8.75 Å². The minimum atomic E-state index is -0.324. The van der Waals surface area contributed by atoms with E-state index in [1.807, 2.05) is 6.07 Å². The lowest BCUT2D eigenvalue weighted by atomic mass is 10.3. The smallest absolute Gasteiger partial charge is 0.308 e. The molecule has 2 aromatic carbocycles. The van der Waals surface area contributed by atoms with Gasteiger partial charge in [0.1, 0.15) is 11.0 Å². The summed E-state index contributed by atoms with van der Waals surface area (Å²) in [7, 11) is 0. The number of rotatable bonds is 2. The standard InChI is InChI=1S/C13H9ClN4OS/c14-8-1-3-9(4-2-8)15-13(19)16-10-5-6-11-12(7-10)18-20-17-11/h1-7H,(H2,15,16,19). The zero-order valence-electron chi connectivity index (χ0n) is 10.1. The van der Waals surface area contributed by atoms with Crippen molar-refractivity contribution >= 4 is 51.8 Å². The number of nitrogens with zero attached hydrogens (tertiary/aromatic N) is 2. The first-order chi connectivity index (χ1) is 9.70. The Hall–Kier alpha value is -2.18. The molecule has 0 saturated carbocycles. The van der Waals surface area contributed by atoms with Crippen molar-refractivity contribution in [3.63, 3.8) is 0 Å². The maximum atomic E-state index is 11.9. The van der Waals surface area contributed by atoms with Crippen LogP contribution in [0.5, 0.6) is 0 Å². The zero-order valence-corrected chi connectivity index (χ0v) is 11.7. The molecule has 20 heavy (non-hydrogen) atoms. The van der Waals surface area contributed by atoms with Crippen LogP contribution in [-0.4, -0.2) is 14.8 Å². The van der Waals surface area contributed by atoms with E-state index >= 15 is 0 Å². The van der Waals surface area contributed by atoms with Gasteiger partial charge in [-0.15, -0.1) is 0 Å². The highest BCUT2D eigenvalue weighted by Crippen LogP contribution is 2.18. The Labute approximate surface area is 123 Å². The van der Waals surface area contributed by atoms with E-state index in [9.17, 15) is 4.79 Å². The van der Waals surface area contributed by atoms with Crippen LogP contribution >= 0.6 is 23.3 Å². The van der Waals surface area contributed by atoms with Gasteiger partial charge < -0.3 is 10.6 Å². The van der Waals surface area contributed by atoms with Gasteiger partial charge in [0.15, 0.2) is 0 Å². The molecule has 1 heterocycles. The van der Waals surface area contributed by atoms with E-state index < -0.39 is 0 Å². The van der Waals surface area contributed by atoms with Crippen LogP contribution in [0.15, 0.2) is 42.5 Å². The Bertz CT molecular complexity index is 756. The SMILES string of the molecule is O=C(Nc1ccc(Cl)cc1)Nc1ccc2nsnc2c1. The lowest BCUT2D eigenvalue weighted by Gasteiger charge is -2.07. The second-order valence-electron chi connectivity index (χ2n) is 4.05. The molecule has 0 fully saturated rings. The minimum absolute atomic E-state index is 0.324. The van der Waals surface area contributed by atoms with Gasteiger partial charge in [-0.3, -0.25) is 0 Å². The molecule has 0 radical (unpaired) electrons. The second-order valence-corrected chi connectivity index (χ2v) is 5.02. The van der Waals surface area contributed by atoms with Crippen LogP contribution < -0.4 is 10.6 Å². The molecular weight excluding hydrogens is 296 g/mol. The molecule has 0 bridgehead atoms. The van der Waals surface area contributed by atoms with Gasteiger partial charge in [0.05, 0.1) is 11.7 Å². The third-order valence-electron chi connectivity index (χ3n) is 2.61. The molecule has 5 nitrogen and oxygen atoms in total. The third kappa shape index (κ3) is 2.87. The number of amides is 2. The Morgan fingerprint density at radius 3 is 2.40 bits per heavy atom. The van der Waals surface area contributed by atoms with E-state index in [-0.39, 0.29) is 6.03 Å². The monoisotopic (exact) mass is 304 g/mol. The van der Waals surface area contributed by atoms with Crippen molar-refractivity contribution in [3.8, 4) is 0 Å². The number of aromatic nitrogens is 2. The van der Waals surface area contributed by atoms with Gasteiger partial charge >= 0.3 is 6.03 Å². The number of carbonyl (C=O) groups excluding carboxylic acids is 1. The quantitative estimate of drug-likeness (QED) is 0.752. The van der Waals surface area contributed by atoms with E-state index in [0.29, 0.717) is 16.4 Å². The van der Waals surface area contributed by atoms with Gasteiger partial charge in [-0.05, 0) is 42.5 Å². The van der Waals surface area contributed by atoms with E-state index in [2.05, 4.69) is 19.4 Å². The summed E-state index contributed by atoms with van der Waals surface area (Å²) in [5, 5.41) is 6.08. The molecule has 0 atom stereocenters. The fourth-order valence-electron chi connectivity index (χ4n) is 1.69. The minimum Gasteiger partial charge on any atom is -0.308 e. The van der Waals surface area contributed by atoms with Crippen molar-refractivity contribution in [2.24, 2.45) is 0 Å². The molecule has 0 spiro atoms. The molecule has 0 aliphatic heterocycles. The largest absolute Gasteiger partial charge is 0.323 e. The lowest BCUT2D eigenvalue weighted by molar-refractivity contribution is 0.262. The van der Waals surface area contributed by atoms with Crippen LogP contribution in [0.1, 0.15) is 0 Å². The van der Waals surface area contributed by atoms with Crippen LogP contribution in [0.4, 0.5) is 16.2 Å². The average Bonchev–Trinajstić information content (AvgIpc) is 2.89. The van der Waals surface area contributed by atoms with E-state index in [1.165, 1.54) is 0 Å². The highest BCUT2D eigenvalue weighted by atomic mass is 35.5. The first-order valence-electron chi connectivity index (χ1n) is 5.76. The highest BCUT2D eigenvalue weighted by Gasteiger charge is 2.05. The number of fused-ring (bicyclic) bond motifs is 1. The van der Waals surface area contributed by atoms with Crippen molar-refractivity contribution in [1.82, 2.24) is 8.75 Å². The number of nitrogens with one attached hydrogen (secondary N) is 2. The summed E-state index contributed by atoms with van der Waals surface area (Å²) < 4.78 is 8.23. The number of hydrogen-bond acceptors (Lipinski definition) is 4. The fraction of sp³-hybridized carbons (Fsp3) is 0. The van der Waals surface area contributed by atoms with Gasteiger partial charge in [0, 0.05) is 16.4 Å². The highest BCUT2D eigenvalue weighted by molar-refractivity contribution is 7.00. The Morgan fingerprint density at radius 2 is 1.60 bits per heavy atom. The average molecular weight is 305 g/mol. The van der Waals surface area contributed by atoms with Gasteiger partial charge in [-0.25, -0.2) is 4.79 Å². The number of carbonyl (C=O) groups is 1. The molecule has 0 unspecified atom stereocenters. The first kappa shape index (κ1) is 12.8. The summed E-state index contributed by atoms with van der Waals surface area (Å²) in [5.74, 6) is 0. The summed E-state index contributed by atoms with van der Waals surface area (Å²) in [5.41, 5.74) is 2.91. The summed E-state index contributed by atoms with van der Waals surface area (Å²) in [6.07, 6.45) is 0. The molecular formula is C13H9ClN4OS. The van der Waals surface area contributed by atoms with Crippen molar-refractivity contribution in [1.29, 1.82) is 0 Å². The van der Waals surface area contributed by atoms with Crippen LogP contribution in [-0.2, 0) is 0 Å². The number of anilines is 2. The lowest BCUT2D eigenvalue weighted by Crippen LogP contribution is -2.19. The topological polar surface area (TPSA) is 66.9 Å². The Balaban J connectivity index is 1.70. The summed E-state index contributed by atoms with van der Waals surface area (Å²) >= 11 is 6.93. The molecule has 0 saturated heterocycles. The molecule has 1 aromatic heterocycles. The maximum Gasteiger partial charge on any atom is 0.323 e. The molecule has 3 aromatic rings. The summed E-state index contributed by atoms with van der Waals surface area (Å²) in [4.78, 5) is 11.9. The van der Waals surface area contributed by atoms with Crippen molar-refractivity contribution in [3.05, 3.63) is 47.5 Å². The molecule has 3 rings (SSSR count). The first-order valence-corrected chi connectivity index (χ1v) is 6.87.